The second-order valence-electron chi connectivity index (χ2n) is 7.69. The number of nitrogens with zero attached hydrogens (tertiary/aromatic N) is 4. The molecule has 3 aromatic rings. The molecule has 0 spiro atoms. The number of nitrogen functional groups attached to an aromatic ring is 1. The van der Waals surface area contributed by atoms with Gasteiger partial charge in [0.1, 0.15) is 22.8 Å². The van der Waals surface area contributed by atoms with Crippen molar-refractivity contribution in [2.75, 3.05) is 30.3 Å². The number of carbonyl (C=O) groups excluding carboxylic acids is 2. The maximum Gasteiger partial charge on any atom is 0.342 e. The van der Waals surface area contributed by atoms with E-state index in [1.165, 1.54) is 12.1 Å². The lowest BCUT2D eigenvalue weighted by atomic mass is 10.1. The zero-order valence-electron chi connectivity index (χ0n) is 18.7. The van der Waals surface area contributed by atoms with E-state index in [0.717, 1.165) is 25.9 Å². The average molecular weight is 469 g/mol. The van der Waals surface area contributed by atoms with Crippen LogP contribution in [-0.4, -0.2) is 46.5 Å². The standard InChI is InChI=1S/C22H23N5O7/c1-3-32-22(29)17-12(2)34-20-18(17)19(23)24-16(25-20)11-33-21(28)13-6-7-14(15(10-13)27(30)31)26-8-4-5-9-26/h6-7,10H,3-5,8-9,11H2,1-2H3,(H2,23,24,25). The molecular formula is C22H23N5O7. The van der Waals surface area contributed by atoms with Crippen LogP contribution in [-0.2, 0) is 16.1 Å². The Morgan fingerprint density at radius 2 is 1.94 bits per heavy atom. The van der Waals surface area contributed by atoms with Gasteiger partial charge >= 0.3 is 11.9 Å². The molecule has 3 heterocycles. The van der Waals surface area contributed by atoms with E-state index in [1.54, 1.807) is 19.9 Å². The number of hydrogen-bond acceptors (Lipinski definition) is 11. The molecule has 0 bridgehead atoms. The summed E-state index contributed by atoms with van der Waals surface area (Å²) in [5.41, 5.74) is 6.57. The quantitative estimate of drug-likeness (QED) is 0.307. The highest BCUT2D eigenvalue weighted by Gasteiger charge is 2.26. The number of nitrogens with two attached hydrogens (primary N) is 1. The minimum absolute atomic E-state index is 0.0263. The van der Waals surface area contributed by atoms with Crippen LogP contribution in [0.2, 0.25) is 0 Å². The van der Waals surface area contributed by atoms with Gasteiger partial charge in [0, 0.05) is 19.2 Å². The van der Waals surface area contributed by atoms with Crippen molar-refractivity contribution in [3.63, 3.8) is 0 Å². The summed E-state index contributed by atoms with van der Waals surface area (Å²) >= 11 is 0. The number of nitro groups is 1. The van der Waals surface area contributed by atoms with Gasteiger partial charge in [-0.05, 0) is 38.8 Å². The number of esters is 2. The molecule has 1 fully saturated rings. The number of fused-ring (bicyclic) bond motifs is 1. The molecule has 0 amide bonds. The Morgan fingerprint density at radius 1 is 1.21 bits per heavy atom. The Labute approximate surface area is 193 Å². The minimum Gasteiger partial charge on any atom is -0.462 e. The first-order chi connectivity index (χ1) is 16.3. The summed E-state index contributed by atoms with van der Waals surface area (Å²) in [7, 11) is 0. The molecule has 1 aliphatic heterocycles. The number of rotatable bonds is 7. The van der Waals surface area contributed by atoms with Crippen molar-refractivity contribution in [1.82, 2.24) is 9.97 Å². The monoisotopic (exact) mass is 469 g/mol. The van der Waals surface area contributed by atoms with Crippen LogP contribution < -0.4 is 10.6 Å². The largest absolute Gasteiger partial charge is 0.462 e. The fourth-order valence-electron chi connectivity index (χ4n) is 3.93. The predicted molar refractivity (Wildman–Crippen MR) is 121 cm³/mol. The van der Waals surface area contributed by atoms with Crippen LogP contribution in [0.5, 0.6) is 0 Å². The van der Waals surface area contributed by atoms with Crippen molar-refractivity contribution in [1.29, 1.82) is 0 Å². The van der Waals surface area contributed by atoms with E-state index >= 15 is 0 Å². The van der Waals surface area contributed by atoms with E-state index in [2.05, 4.69) is 9.97 Å². The Bertz CT molecular complexity index is 1280. The molecule has 1 aliphatic rings. The van der Waals surface area contributed by atoms with Gasteiger partial charge in [-0.1, -0.05) is 0 Å². The van der Waals surface area contributed by atoms with Crippen LogP contribution in [0.1, 0.15) is 52.1 Å². The van der Waals surface area contributed by atoms with Crippen molar-refractivity contribution in [3.8, 4) is 0 Å². The molecular weight excluding hydrogens is 446 g/mol. The van der Waals surface area contributed by atoms with E-state index in [9.17, 15) is 19.7 Å². The zero-order chi connectivity index (χ0) is 24.4. The normalized spacial score (nSPS) is 13.3. The number of nitro benzene ring substituents is 1. The highest BCUT2D eigenvalue weighted by atomic mass is 16.6. The number of anilines is 2. The third kappa shape index (κ3) is 4.34. The van der Waals surface area contributed by atoms with E-state index in [4.69, 9.17) is 19.6 Å². The van der Waals surface area contributed by atoms with Crippen LogP contribution in [0.25, 0.3) is 11.1 Å². The molecule has 4 rings (SSSR count). The van der Waals surface area contributed by atoms with Crippen LogP contribution >= 0.6 is 0 Å². The van der Waals surface area contributed by atoms with E-state index in [-0.39, 0.29) is 58.5 Å². The molecule has 2 N–H and O–H groups in total. The number of aryl methyl sites for hydroxylation is 1. The van der Waals surface area contributed by atoms with Gasteiger partial charge in [-0.25, -0.2) is 14.6 Å². The van der Waals surface area contributed by atoms with Gasteiger partial charge in [0.2, 0.25) is 5.71 Å². The molecule has 1 saturated heterocycles. The summed E-state index contributed by atoms with van der Waals surface area (Å²) in [5, 5.41) is 11.8. The fourth-order valence-corrected chi connectivity index (χ4v) is 3.93. The second kappa shape index (κ2) is 9.33. The third-order valence-electron chi connectivity index (χ3n) is 5.47. The Balaban J connectivity index is 1.54. The average Bonchev–Trinajstić information content (AvgIpc) is 3.45. The zero-order valence-corrected chi connectivity index (χ0v) is 18.7. The van der Waals surface area contributed by atoms with Crippen molar-refractivity contribution >= 4 is 40.2 Å². The highest BCUT2D eigenvalue weighted by molar-refractivity contribution is 6.07. The van der Waals surface area contributed by atoms with Gasteiger partial charge in [-0.2, -0.15) is 4.98 Å². The molecule has 0 aliphatic carbocycles. The smallest absolute Gasteiger partial charge is 0.342 e. The first-order valence-electron chi connectivity index (χ1n) is 10.7. The first kappa shape index (κ1) is 23.0. The molecule has 0 radical (unpaired) electrons. The van der Waals surface area contributed by atoms with Crippen LogP contribution in [0.15, 0.2) is 22.6 Å². The number of carbonyl (C=O) groups is 2. The van der Waals surface area contributed by atoms with Crippen molar-refractivity contribution in [3.05, 3.63) is 51.0 Å². The van der Waals surface area contributed by atoms with E-state index in [1.807, 2.05) is 4.90 Å². The van der Waals surface area contributed by atoms with Gasteiger partial charge in [0.25, 0.3) is 5.69 Å². The minimum atomic E-state index is -0.777. The summed E-state index contributed by atoms with van der Waals surface area (Å²) in [6.07, 6.45) is 1.93. The Kier molecular flexibility index (Phi) is 6.30. The Morgan fingerprint density at radius 3 is 2.62 bits per heavy atom. The van der Waals surface area contributed by atoms with Crippen molar-refractivity contribution in [2.24, 2.45) is 0 Å². The molecule has 12 nitrogen and oxygen atoms in total. The van der Waals surface area contributed by atoms with Gasteiger partial charge in [-0.15, -0.1) is 0 Å². The van der Waals surface area contributed by atoms with Gasteiger partial charge in [0.15, 0.2) is 12.4 Å². The highest BCUT2D eigenvalue weighted by Crippen LogP contribution is 2.32. The summed E-state index contributed by atoms with van der Waals surface area (Å²) in [6.45, 7) is 4.54. The number of ether oxygens (including phenoxy) is 2. The first-order valence-corrected chi connectivity index (χ1v) is 10.7. The molecule has 0 atom stereocenters. The molecule has 12 heteroatoms. The lowest BCUT2D eigenvalue weighted by Crippen LogP contribution is -2.19. The van der Waals surface area contributed by atoms with Gasteiger partial charge < -0.3 is 24.5 Å². The van der Waals surface area contributed by atoms with Gasteiger partial charge in [0.05, 0.1) is 22.5 Å². The molecule has 0 unspecified atom stereocenters. The predicted octanol–water partition coefficient (Wildman–Crippen LogP) is 3.16. The summed E-state index contributed by atoms with van der Waals surface area (Å²) in [4.78, 5) is 46.0. The summed E-state index contributed by atoms with van der Waals surface area (Å²) < 4.78 is 15.8. The lowest BCUT2D eigenvalue weighted by Gasteiger charge is -2.17. The van der Waals surface area contributed by atoms with Gasteiger partial charge in [-0.3, -0.25) is 10.1 Å². The SMILES string of the molecule is CCOC(=O)c1c(C)oc2nc(COC(=O)c3ccc(N4CCCC4)c([N+](=O)[O-])c3)nc(N)c12. The molecule has 34 heavy (non-hydrogen) atoms. The van der Waals surface area contributed by atoms with Crippen LogP contribution in [0.4, 0.5) is 17.2 Å². The maximum absolute atomic E-state index is 12.6. The van der Waals surface area contributed by atoms with Crippen molar-refractivity contribution < 1.29 is 28.4 Å². The third-order valence-corrected chi connectivity index (χ3v) is 5.47. The van der Waals surface area contributed by atoms with E-state index < -0.39 is 16.9 Å². The second-order valence-corrected chi connectivity index (χ2v) is 7.69. The molecule has 178 valence electrons. The summed E-state index contributed by atoms with van der Waals surface area (Å²) in [6, 6.07) is 4.25. The Hall–Kier alpha value is -4.22. The fraction of sp³-hybridized carbons (Fsp3) is 0.364. The van der Waals surface area contributed by atoms with Crippen LogP contribution in [0.3, 0.4) is 0 Å². The lowest BCUT2D eigenvalue weighted by molar-refractivity contribution is -0.384. The molecule has 1 aromatic carbocycles. The van der Waals surface area contributed by atoms with Crippen LogP contribution in [0, 0.1) is 17.0 Å². The summed E-state index contributed by atoms with van der Waals surface area (Å²) in [5.74, 6) is -1.09. The van der Waals surface area contributed by atoms with Crippen molar-refractivity contribution in [2.45, 2.75) is 33.3 Å². The molecule has 0 saturated carbocycles. The number of furan rings is 1. The topological polar surface area (TPSA) is 164 Å². The molecule has 2 aromatic heterocycles. The number of hydrogen-bond donors (Lipinski definition) is 1. The number of benzene rings is 1. The number of aromatic nitrogens is 2. The maximum atomic E-state index is 12.6. The van der Waals surface area contributed by atoms with E-state index in [0.29, 0.717) is 5.69 Å².